The summed E-state index contributed by atoms with van der Waals surface area (Å²) in [6.45, 7) is 5.66. The Labute approximate surface area is 104 Å². The van der Waals surface area contributed by atoms with Gasteiger partial charge in [-0.25, -0.2) is 0 Å². The summed E-state index contributed by atoms with van der Waals surface area (Å²) in [5.41, 5.74) is 1.26. The van der Waals surface area contributed by atoms with E-state index in [1.165, 1.54) is 31.4 Å². The van der Waals surface area contributed by atoms with Crippen LogP contribution in [-0.2, 0) is 0 Å². The summed E-state index contributed by atoms with van der Waals surface area (Å²) in [6, 6.07) is 5.75. The fraction of sp³-hybridized carbons (Fsp3) is 0.643. The second kappa shape index (κ2) is 6.12. The predicted molar refractivity (Wildman–Crippen MR) is 70.9 cm³/mol. The fourth-order valence-corrected chi connectivity index (χ4v) is 2.61. The van der Waals surface area contributed by atoms with Crippen LogP contribution in [0.3, 0.4) is 0 Å². The predicted octanol–water partition coefficient (Wildman–Crippen LogP) is 2.26. The molecule has 2 heterocycles. The first kappa shape index (κ1) is 12.5. The molecule has 3 heteroatoms. The molecule has 1 aliphatic heterocycles. The monoisotopic (exact) mass is 233 g/mol. The molecule has 1 aliphatic rings. The number of hydrogen-bond acceptors (Lipinski definition) is 3. The van der Waals surface area contributed by atoms with Gasteiger partial charge in [0, 0.05) is 30.5 Å². The Bertz CT molecular complexity index is 319. The van der Waals surface area contributed by atoms with Crippen LogP contribution in [0.25, 0.3) is 0 Å². The van der Waals surface area contributed by atoms with Gasteiger partial charge in [0.15, 0.2) is 0 Å². The van der Waals surface area contributed by atoms with Crippen LogP contribution in [-0.4, -0.2) is 23.6 Å². The van der Waals surface area contributed by atoms with Crippen molar-refractivity contribution in [3.63, 3.8) is 0 Å². The third kappa shape index (κ3) is 3.79. The molecular formula is C14H23N3. The molecule has 1 saturated heterocycles. The van der Waals surface area contributed by atoms with Crippen LogP contribution in [0.2, 0.25) is 0 Å². The van der Waals surface area contributed by atoms with Crippen LogP contribution < -0.4 is 10.6 Å². The molecule has 0 aliphatic carbocycles. The lowest BCUT2D eigenvalue weighted by molar-refractivity contribution is 0.407. The van der Waals surface area contributed by atoms with Crippen LogP contribution in [0.1, 0.15) is 44.7 Å². The highest BCUT2D eigenvalue weighted by atomic mass is 15.0. The third-order valence-corrected chi connectivity index (χ3v) is 3.52. The average molecular weight is 233 g/mol. The van der Waals surface area contributed by atoms with E-state index in [4.69, 9.17) is 0 Å². The molecule has 0 bridgehead atoms. The van der Waals surface area contributed by atoms with Crippen molar-refractivity contribution in [2.45, 2.75) is 51.2 Å². The zero-order valence-corrected chi connectivity index (χ0v) is 10.8. The molecule has 1 aromatic heterocycles. The number of nitrogens with zero attached hydrogens (tertiary/aromatic N) is 1. The third-order valence-electron chi connectivity index (χ3n) is 3.52. The van der Waals surface area contributed by atoms with Crippen LogP contribution in [0.5, 0.6) is 0 Å². The Morgan fingerprint density at radius 3 is 3.06 bits per heavy atom. The molecule has 2 rings (SSSR count). The molecule has 0 amide bonds. The van der Waals surface area contributed by atoms with Crippen molar-refractivity contribution < 1.29 is 0 Å². The van der Waals surface area contributed by atoms with Crippen molar-refractivity contribution in [1.82, 2.24) is 15.6 Å². The van der Waals surface area contributed by atoms with Crippen LogP contribution in [0, 0.1) is 0 Å². The molecule has 1 aromatic rings. The summed E-state index contributed by atoms with van der Waals surface area (Å²) < 4.78 is 0. The first-order valence-corrected chi connectivity index (χ1v) is 6.65. The van der Waals surface area contributed by atoms with Crippen LogP contribution >= 0.6 is 0 Å². The molecule has 0 radical (unpaired) electrons. The van der Waals surface area contributed by atoms with Gasteiger partial charge in [-0.3, -0.25) is 4.98 Å². The lowest BCUT2D eigenvalue weighted by Crippen LogP contribution is -2.35. The van der Waals surface area contributed by atoms with Crippen molar-refractivity contribution in [1.29, 1.82) is 0 Å². The fourth-order valence-electron chi connectivity index (χ4n) is 2.61. The van der Waals surface area contributed by atoms with Gasteiger partial charge in [-0.1, -0.05) is 6.07 Å². The molecule has 2 N–H and O–H groups in total. The Kier molecular flexibility index (Phi) is 4.51. The molecule has 0 aromatic carbocycles. The summed E-state index contributed by atoms with van der Waals surface area (Å²) in [7, 11) is 0. The Morgan fingerprint density at radius 1 is 1.53 bits per heavy atom. The van der Waals surface area contributed by atoms with Crippen LogP contribution in [0.4, 0.5) is 0 Å². The van der Waals surface area contributed by atoms with E-state index < -0.39 is 0 Å². The zero-order chi connectivity index (χ0) is 12.1. The largest absolute Gasteiger partial charge is 0.314 e. The molecule has 0 spiro atoms. The highest BCUT2D eigenvalue weighted by Crippen LogP contribution is 2.15. The summed E-state index contributed by atoms with van der Waals surface area (Å²) >= 11 is 0. The molecule has 1 fully saturated rings. The van der Waals surface area contributed by atoms with E-state index in [1.54, 1.807) is 0 Å². The summed E-state index contributed by atoms with van der Waals surface area (Å²) in [5.74, 6) is 0. The van der Waals surface area contributed by atoms with E-state index in [0.717, 1.165) is 0 Å². The number of pyridine rings is 1. The SMILES string of the molecule is CC(CC1CCCN1)N[C@H](C)c1cccnc1. The smallest absolute Gasteiger partial charge is 0.0315 e. The van der Waals surface area contributed by atoms with E-state index >= 15 is 0 Å². The van der Waals surface area contributed by atoms with Gasteiger partial charge in [0.1, 0.15) is 0 Å². The maximum atomic E-state index is 4.16. The van der Waals surface area contributed by atoms with Crippen molar-refractivity contribution >= 4 is 0 Å². The summed E-state index contributed by atoms with van der Waals surface area (Å²) in [4.78, 5) is 4.16. The molecule has 0 saturated carbocycles. The second-order valence-corrected chi connectivity index (χ2v) is 5.10. The molecule has 3 nitrogen and oxygen atoms in total. The van der Waals surface area contributed by atoms with Gasteiger partial charge < -0.3 is 10.6 Å². The van der Waals surface area contributed by atoms with Crippen molar-refractivity contribution in [2.24, 2.45) is 0 Å². The number of hydrogen-bond donors (Lipinski definition) is 2. The van der Waals surface area contributed by atoms with Gasteiger partial charge >= 0.3 is 0 Å². The van der Waals surface area contributed by atoms with Crippen LogP contribution in [0.15, 0.2) is 24.5 Å². The van der Waals surface area contributed by atoms with E-state index in [0.29, 0.717) is 18.1 Å². The Balaban J connectivity index is 1.79. The van der Waals surface area contributed by atoms with Gasteiger partial charge in [0.05, 0.1) is 0 Å². The zero-order valence-electron chi connectivity index (χ0n) is 10.8. The lowest BCUT2D eigenvalue weighted by Gasteiger charge is -2.22. The van der Waals surface area contributed by atoms with Crippen molar-refractivity contribution in [3.05, 3.63) is 30.1 Å². The minimum absolute atomic E-state index is 0.375. The maximum Gasteiger partial charge on any atom is 0.0315 e. The standard InChI is InChI=1S/C14H23N3/c1-11(9-14-6-4-8-16-14)17-12(2)13-5-3-7-15-10-13/h3,5,7,10-12,14,16-17H,4,6,8-9H2,1-2H3/t11?,12-,14?/m1/s1. The van der Waals surface area contributed by atoms with E-state index in [9.17, 15) is 0 Å². The Hall–Kier alpha value is -0.930. The second-order valence-electron chi connectivity index (χ2n) is 5.10. The highest BCUT2D eigenvalue weighted by molar-refractivity contribution is 5.12. The minimum Gasteiger partial charge on any atom is -0.314 e. The van der Waals surface area contributed by atoms with Crippen molar-refractivity contribution in [3.8, 4) is 0 Å². The van der Waals surface area contributed by atoms with Gasteiger partial charge in [0.2, 0.25) is 0 Å². The lowest BCUT2D eigenvalue weighted by atomic mass is 10.0. The summed E-state index contributed by atoms with van der Waals surface area (Å²) in [6.07, 6.45) is 7.63. The minimum atomic E-state index is 0.375. The highest BCUT2D eigenvalue weighted by Gasteiger charge is 2.18. The Morgan fingerprint density at radius 2 is 2.41 bits per heavy atom. The van der Waals surface area contributed by atoms with Gasteiger partial charge in [-0.15, -0.1) is 0 Å². The van der Waals surface area contributed by atoms with Gasteiger partial charge in [0.25, 0.3) is 0 Å². The molecule has 3 atom stereocenters. The molecular weight excluding hydrogens is 210 g/mol. The topological polar surface area (TPSA) is 37.0 Å². The molecule has 17 heavy (non-hydrogen) atoms. The maximum absolute atomic E-state index is 4.16. The first-order valence-electron chi connectivity index (χ1n) is 6.65. The van der Waals surface area contributed by atoms with E-state index in [1.807, 2.05) is 18.5 Å². The van der Waals surface area contributed by atoms with Gasteiger partial charge in [-0.2, -0.15) is 0 Å². The number of aromatic nitrogens is 1. The number of nitrogens with one attached hydrogen (secondary N) is 2. The summed E-state index contributed by atoms with van der Waals surface area (Å²) in [5, 5.41) is 7.19. The van der Waals surface area contributed by atoms with Crippen molar-refractivity contribution in [2.75, 3.05) is 6.54 Å². The average Bonchev–Trinajstić information content (AvgIpc) is 2.82. The number of rotatable bonds is 5. The van der Waals surface area contributed by atoms with Gasteiger partial charge in [-0.05, 0) is 51.3 Å². The molecule has 94 valence electrons. The van der Waals surface area contributed by atoms with E-state index in [2.05, 4.69) is 35.5 Å². The quantitative estimate of drug-likeness (QED) is 0.819. The van der Waals surface area contributed by atoms with E-state index in [-0.39, 0.29) is 0 Å². The normalized spacial score (nSPS) is 23.5. The molecule has 2 unspecified atom stereocenters. The first-order chi connectivity index (χ1) is 8.25.